The second-order valence-corrected chi connectivity index (χ2v) is 5.12. The molecule has 0 aliphatic carbocycles. The van der Waals surface area contributed by atoms with Gasteiger partial charge in [-0.2, -0.15) is 0 Å². The molecular weight excluding hydrogens is 226 g/mol. The number of pyridine rings is 1. The largest absolute Gasteiger partial charge is 0.393 e. The third-order valence-electron chi connectivity index (χ3n) is 2.80. The normalized spacial score (nSPS) is 12.8. The lowest BCUT2D eigenvalue weighted by atomic mass is 10.2. The highest BCUT2D eigenvalue weighted by molar-refractivity contribution is 5.38. The standard InChI is InChI=1S/C14H25N3O/c1-11(2)15-9-13-5-6-14(16-10-13)17(4)8-7-12(3)18/h5-6,10-12,15,18H,7-9H2,1-4H3. The second-order valence-electron chi connectivity index (χ2n) is 5.12. The van der Waals surface area contributed by atoms with Gasteiger partial charge in [0.25, 0.3) is 0 Å². The van der Waals surface area contributed by atoms with Crippen LogP contribution < -0.4 is 10.2 Å². The quantitative estimate of drug-likeness (QED) is 0.775. The number of rotatable bonds is 7. The number of aliphatic hydroxyl groups is 1. The van der Waals surface area contributed by atoms with Crippen LogP contribution in [0.25, 0.3) is 0 Å². The van der Waals surface area contributed by atoms with Gasteiger partial charge in [-0.25, -0.2) is 4.98 Å². The SMILES string of the molecule is CC(O)CCN(C)c1ccc(CNC(C)C)cn1. The van der Waals surface area contributed by atoms with Crippen molar-refractivity contribution in [2.45, 2.75) is 45.9 Å². The molecule has 2 N–H and O–H groups in total. The van der Waals surface area contributed by atoms with Crippen molar-refractivity contribution in [2.24, 2.45) is 0 Å². The zero-order valence-corrected chi connectivity index (χ0v) is 11.8. The highest BCUT2D eigenvalue weighted by Crippen LogP contribution is 2.10. The Bertz CT molecular complexity index is 335. The number of hydrogen-bond acceptors (Lipinski definition) is 4. The maximum atomic E-state index is 9.26. The molecule has 4 nitrogen and oxygen atoms in total. The van der Waals surface area contributed by atoms with E-state index in [0.717, 1.165) is 25.3 Å². The third kappa shape index (κ3) is 5.47. The Hall–Kier alpha value is -1.13. The molecule has 1 rings (SSSR count). The zero-order chi connectivity index (χ0) is 13.5. The fourth-order valence-corrected chi connectivity index (χ4v) is 1.56. The molecule has 0 aliphatic rings. The van der Waals surface area contributed by atoms with E-state index in [4.69, 9.17) is 0 Å². The van der Waals surface area contributed by atoms with Crippen molar-refractivity contribution in [1.82, 2.24) is 10.3 Å². The number of aliphatic hydroxyl groups excluding tert-OH is 1. The van der Waals surface area contributed by atoms with Crippen LogP contribution in [0.15, 0.2) is 18.3 Å². The Labute approximate surface area is 110 Å². The van der Waals surface area contributed by atoms with Gasteiger partial charge in [0, 0.05) is 32.4 Å². The molecule has 1 aromatic heterocycles. The summed E-state index contributed by atoms with van der Waals surface area (Å²) in [7, 11) is 2.00. The third-order valence-corrected chi connectivity index (χ3v) is 2.80. The molecule has 1 heterocycles. The van der Waals surface area contributed by atoms with E-state index in [0.29, 0.717) is 6.04 Å². The Morgan fingerprint density at radius 1 is 1.33 bits per heavy atom. The van der Waals surface area contributed by atoms with Crippen LogP contribution in [0.4, 0.5) is 5.82 Å². The predicted molar refractivity (Wildman–Crippen MR) is 75.8 cm³/mol. The van der Waals surface area contributed by atoms with Crippen LogP contribution in [0, 0.1) is 0 Å². The van der Waals surface area contributed by atoms with Crippen LogP contribution in [-0.4, -0.2) is 35.8 Å². The molecule has 0 aliphatic heterocycles. The fraction of sp³-hybridized carbons (Fsp3) is 0.643. The van der Waals surface area contributed by atoms with Gasteiger partial charge < -0.3 is 15.3 Å². The minimum atomic E-state index is -0.262. The van der Waals surface area contributed by atoms with Crippen molar-refractivity contribution >= 4 is 5.82 Å². The molecule has 0 bridgehead atoms. The lowest BCUT2D eigenvalue weighted by molar-refractivity contribution is 0.187. The summed E-state index contributed by atoms with van der Waals surface area (Å²) in [5.74, 6) is 0.948. The molecule has 4 heteroatoms. The summed E-state index contributed by atoms with van der Waals surface area (Å²) in [5, 5.41) is 12.6. The van der Waals surface area contributed by atoms with Crippen LogP contribution >= 0.6 is 0 Å². The average Bonchev–Trinajstić information content (AvgIpc) is 2.34. The van der Waals surface area contributed by atoms with Crippen molar-refractivity contribution in [3.63, 3.8) is 0 Å². The smallest absolute Gasteiger partial charge is 0.128 e. The maximum Gasteiger partial charge on any atom is 0.128 e. The molecule has 0 radical (unpaired) electrons. The molecule has 1 aromatic rings. The van der Waals surface area contributed by atoms with Gasteiger partial charge in [-0.05, 0) is 25.0 Å². The minimum Gasteiger partial charge on any atom is -0.393 e. The number of aromatic nitrogens is 1. The lowest BCUT2D eigenvalue weighted by Crippen LogP contribution is -2.23. The Balaban J connectivity index is 2.48. The molecule has 0 saturated heterocycles. The first-order chi connectivity index (χ1) is 8.49. The van der Waals surface area contributed by atoms with E-state index >= 15 is 0 Å². The molecular formula is C14H25N3O. The van der Waals surface area contributed by atoms with Crippen molar-refractivity contribution in [1.29, 1.82) is 0 Å². The van der Waals surface area contributed by atoms with E-state index in [-0.39, 0.29) is 6.10 Å². The second kappa shape index (κ2) is 7.34. The molecule has 0 fully saturated rings. The van der Waals surface area contributed by atoms with E-state index < -0.39 is 0 Å². The van der Waals surface area contributed by atoms with E-state index in [1.165, 1.54) is 5.56 Å². The van der Waals surface area contributed by atoms with Crippen molar-refractivity contribution in [3.05, 3.63) is 23.9 Å². The summed E-state index contributed by atoms with van der Waals surface area (Å²) in [6.45, 7) is 7.73. The van der Waals surface area contributed by atoms with Gasteiger partial charge in [0.05, 0.1) is 6.10 Å². The van der Waals surface area contributed by atoms with Gasteiger partial charge in [-0.1, -0.05) is 19.9 Å². The van der Waals surface area contributed by atoms with Gasteiger partial charge in [0.1, 0.15) is 5.82 Å². The lowest BCUT2D eigenvalue weighted by Gasteiger charge is -2.19. The van der Waals surface area contributed by atoms with Gasteiger partial charge in [-0.3, -0.25) is 0 Å². The molecule has 1 atom stereocenters. The first-order valence-electron chi connectivity index (χ1n) is 6.56. The Kier molecular flexibility index (Phi) is 6.09. The average molecular weight is 251 g/mol. The van der Waals surface area contributed by atoms with E-state index in [1.807, 2.05) is 26.2 Å². The van der Waals surface area contributed by atoms with Crippen LogP contribution in [0.1, 0.15) is 32.8 Å². The fourth-order valence-electron chi connectivity index (χ4n) is 1.56. The van der Waals surface area contributed by atoms with Crippen LogP contribution in [0.2, 0.25) is 0 Å². The summed E-state index contributed by atoms with van der Waals surface area (Å²) in [4.78, 5) is 6.50. The maximum absolute atomic E-state index is 9.26. The minimum absolute atomic E-state index is 0.262. The number of nitrogens with one attached hydrogen (secondary N) is 1. The van der Waals surface area contributed by atoms with Crippen LogP contribution in [0.5, 0.6) is 0 Å². The van der Waals surface area contributed by atoms with E-state index in [2.05, 4.69) is 35.1 Å². The Morgan fingerprint density at radius 3 is 2.56 bits per heavy atom. The first kappa shape index (κ1) is 14.9. The molecule has 0 spiro atoms. The molecule has 18 heavy (non-hydrogen) atoms. The highest BCUT2D eigenvalue weighted by Gasteiger charge is 2.04. The molecule has 102 valence electrons. The summed E-state index contributed by atoms with van der Waals surface area (Å²) >= 11 is 0. The summed E-state index contributed by atoms with van der Waals surface area (Å²) < 4.78 is 0. The van der Waals surface area contributed by atoms with Gasteiger partial charge in [-0.15, -0.1) is 0 Å². The molecule has 0 aromatic carbocycles. The van der Waals surface area contributed by atoms with E-state index in [9.17, 15) is 5.11 Å². The predicted octanol–water partition coefficient (Wildman–Crippen LogP) is 1.79. The topological polar surface area (TPSA) is 48.4 Å². The highest BCUT2D eigenvalue weighted by atomic mass is 16.3. The number of anilines is 1. The summed E-state index contributed by atoms with van der Waals surface area (Å²) in [6.07, 6.45) is 2.40. The zero-order valence-electron chi connectivity index (χ0n) is 11.8. The van der Waals surface area contributed by atoms with Crippen molar-refractivity contribution < 1.29 is 5.11 Å². The summed E-state index contributed by atoms with van der Waals surface area (Å²) in [6, 6.07) is 4.61. The first-order valence-corrected chi connectivity index (χ1v) is 6.56. The van der Waals surface area contributed by atoms with Gasteiger partial charge in [0.15, 0.2) is 0 Å². The van der Waals surface area contributed by atoms with Crippen molar-refractivity contribution in [2.75, 3.05) is 18.5 Å². The van der Waals surface area contributed by atoms with Gasteiger partial charge >= 0.3 is 0 Å². The Morgan fingerprint density at radius 2 is 2.06 bits per heavy atom. The molecule has 0 amide bonds. The van der Waals surface area contributed by atoms with Crippen molar-refractivity contribution in [3.8, 4) is 0 Å². The molecule has 1 unspecified atom stereocenters. The van der Waals surface area contributed by atoms with Crippen LogP contribution in [-0.2, 0) is 6.54 Å². The van der Waals surface area contributed by atoms with Crippen LogP contribution in [0.3, 0.4) is 0 Å². The van der Waals surface area contributed by atoms with Gasteiger partial charge in [0.2, 0.25) is 0 Å². The monoisotopic (exact) mass is 251 g/mol. The number of hydrogen-bond donors (Lipinski definition) is 2. The van der Waals surface area contributed by atoms with E-state index in [1.54, 1.807) is 0 Å². The number of nitrogens with zero attached hydrogens (tertiary/aromatic N) is 2. The molecule has 0 saturated carbocycles. The summed E-state index contributed by atoms with van der Waals surface area (Å²) in [5.41, 5.74) is 1.19.